The van der Waals surface area contributed by atoms with E-state index in [4.69, 9.17) is 24.3 Å². The van der Waals surface area contributed by atoms with Gasteiger partial charge >= 0.3 is 19.8 Å². The zero-order chi connectivity index (χ0) is 38.9. The van der Waals surface area contributed by atoms with Gasteiger partial charge in [-0.25, -0.2) is 4.57 Å². The van der Waals surface area contributed by atoms with Crippen molar-refractivity contribution >= 4 is 19.8 Å². The predicted octanol–water partition coefficient (Wildman–Crippen LogP) is 11.9. The number of hydrogen-bond donors (Lipinski definition) is 2. The quantitative estimate of drug-likeness (QED) is 0.0271. The molecule has 0 bridgehead atoms. The van der Waals surface area contributed by atoms with Gasteiger partial charge in [0.15, 0.2) is 6.10 Å². The van der Waals surface area contributed by atoms with Crippen LogP contribution in [0.4, 0.5) is 0 Å². The normalized spacial score (nSPS) is 13.8. The monoisotopic (exact) mass is 768 g/mol. The Bertz CT molecular complexity index is 1010. The molecule has 10 heteroatoms. The number of unbranched alkanes of at least 4 members (excludes halogenated alkanes) is 18. The van der Waals surface area contributed by atoms with Crippen molar-refractivity contribution in [1.29, 1.82) is 0 Å². The smallest absolute Gasteiger partial charge is 0.462 e. The van der Waals surface area contributed by atoms with Crippen LogP contribution >= 0.6 is 7.82 Å². The molecule has 2 atom stereocenters. The van der Waals surface area contributed by atoms with Crippen LogP contribution in [-0.4, -0.2) is 49.3 Å². The minimum Gasteiger partial charge on any atom is -0.462 e. The van der Waals surface area contributed by atoms with Crippen LogP contribution < -0.4 is 5.73 Å². The van der Waals surface area contributed by atoms with Crippen LogP contribution in [0.15, 0.2) is 48.6 Å². The molecule has 3 N–H and O–H groups in total. The van der Waals surface area contributed by atoms with Gasteiger partial charge in [-0.05, 0) is 51.4 Å². The first-order valence-corrected chi connectivity index (χ1v) is 22.6. The topological polar surface area (TPSA) is 134 Å². The molecule has 0 saturated carbocycles. The van der Waals surface area contributed by atoms with Crippen LogP contribution in [0.2, 0.25) is 0 Å². The van der Waals surface area contributed by atoms with Crippen LogP contribution in [0.3, 0.4) is 0 Å². The number of ether oxygens (including phenoxy) is 2. The number of nitrogens with two attached hydrogens (primary N) is 1. The summed E-state index contributed by atoms with van der Waals surface area (Å²) >= 11 is 0. The van der Waals surface area contributed by atoms with E-state index >= 15 is 0 Å². The largest absolute Gasteiger partial charge is 0.472 e. The number of allylic oxidation sites excluding steroid dienone is 8. The SMILES string of the molecule is CCCCC/C=C\C/C=C\C/C=C/C/C=C\CCCC(=O)O[C@H](COC(=O)CCCCCCCCCCCCCCCCC)COP(=O)(O)OCCN. The Labute approximate surface area is 324 Å². The molecule has 1 unspecified atom stereocenters. The summed E-state index contributed by atoms with van der Waals surface area (Å²) in [7, 11) is -4.39. The lowest BCUT2D eigenvalue weighted by molar-refractivity contribution is -0.161. The Morgan fingerprint density at radius 2 is 1.00 bits per heavy atom. The molecule has 0 radical (unpaired) electrons. The molecule has 0 aliphatic heterocycles. The molecule has 308 valence electrons. The van der Waals surface area contributed by atoms with Crippen molar-refractivity contribution in [2.75, 3.05) is 26.4 Å². The highest BCUT2D eigenvalue weighted by Crippen LogP contribution is 2.43. The number of carbonyl (C=O) groups is 2. The lowest BCUT2D eigenvalue weighted by Crippen LogP contribution is -2.29. The van der Waals surface area contributed by atoms with E-state index in [9.17, 15) is 19.0 Å². The molecule has 0 fully saturated rings. The third-order valence-electron chi connectivity index (χ3n) is 8.72. The van der Waals surface area contributed by atoms with Crippen LogP contribution in [-0.2, 0) is 32.7 Å². The summed E-state index contributed by atoms with van der Waals surface area (Å²) in [6.45, 7) is 3.64. The highest BCUT2D eigenvalue weighted by molar-refractivity contribution is 7.47. The Morgan fingerprint density at radius 3 is 1.51 bits per heavy atom. The average Bonchev–Trinajstić information content (AvgIpc) is 3.14. The molecular formula is C43H78NO8P. The maximum absolute atomic E-state index is 12.5. The van der Waals surface area contributed by atoms with Crippen LogP contribution in [0.5, 0.6) is 0 Å². The second-order valence-corrected chi connectivity index (χ2v) is 15.3. The van der Waals surface area contributed by atoms with E-state index in [1.807, 2.05) is 6.08 Å². The number of hydrogen-bond acceptors (Lipinski definition) is 8. The van der Waals surface area contributed by atoms with Crippen molar-refractivity contribution in [3.63, 3.8) is 0 Å². The number of phosphoric acid groups is 1. The average molecular weight is 768 g/mol. The third kappa shape index (κ3) is 39.5. The van der Waals surface area contributed by atoms with E-state index in [2.05, 4.69) is 56.4 Å². The molecule has 53 heavy (non-hydrogen) atoms. The summed E-state index contributed by atoms with van der Waals surface area (Å²) in [5, 5.41) is 0. The standard InChI is InChI=1S/C43H78NO8P/c1-3-5-7-9-11-13-15-17-19-20-22-24-26-28-30-32-34-36-43(46)52-41(40-51-53(47,48)50-38-37-44)39-49-42(45)35-33-31-29-27-25-23-21-18-16-14-12-10-8-6-4-2/h11,13,17,19,22,24,28,30,41H,3-10,12,14-16,18,20-21,23,25-27,29,31-40,44H2,1-2H3,(H,47,48)/b13-11-,19-17-,24-22+,30-28-/t41-/m1/s1. The van der Waals surface area contributed by atoms with E-state index in [1.165, 1.54) is 103 Å². The van der Waals surface area contributed by atoms with Crippen molar-refractivity contribution in [2.45, 2.75) is 187 Å². The van der Waals surface area contributed by atoms with Crippen molar-refractivity contribution in [3.8, 4) is 0 Å². The van der Waals surface area contributed by atoms with Crippen LogP contribution in [0.1, 0.15) is 181 Å². The molecule has 0 saturated heterocycles. The van der Waals surface area contributed by atoms with Crippen LogP contribution in [0, 0.1) is 0 Å². The Balaban J connectivity index is 4.26. The summed E-state index contributed by atoms with van der Waals surface area (Å²) in [6.07, 6.45) is 44.3. The van der Waals surface area contributed by atoms with Gasteiger partial charge in [0.05, 0.1) is 13.2 Å². The van der Waals surface area contributed by atoms with Gasteiger partial charge < -0.3 is 20.1 Å². The van der Waals surface area contributed by atoms with Gasteiger partial charge in [0.2, 0.25) is 0 Å². The first kappa shape index (κ1) is 51.0. The summed E-state index contributed by atoms with van der Waals surface area (Å²) in [6, 6.07) is 0. The second-order valence-electron chi connectivity index (χ2n) is 13.9. The number of phosphoric ester groups is 1. The van der Waals surface area contributed by atoms with E-state index in [-0.39, 0.29) is 32.6 Å². The van der Waals surface area contributed by atoms with E-state index in [0.29, 0.717) is 12.8 Å². The molecule has 0 aromatic heterocycles. The van der Waals surface area contributed by atoms with Gasteiger partial charge in [0.25, 0.3) is 0 Å². The number of carbonyl (C=O) groups excluding carboxylic acids is 2. The second kappa shape index (κ2) is 39.7. The van der Waals surface area contributed by atoms with Crippen molar-refractivity contribution < 1.29 is 37.6 Å². The van der Waals surface area contributed by atoms with Crippen molar-refractivity contribution in [1.82, 2.24) is 0 Å². The van der Waals surface area contributed by atoms with Crippen LogP contribution in [0.25, 0.3) is 0 Å². The van der Waals surface area contributed by atoms with Gasteiger partial charge in [-0.1, -0.05) is 165 Å². The number of rotatable bonds is 39. The van der Waals surface area contributed by atoms with Crippen molar-refractivity contribution in [2.24, 2.45) is 5.73 Å². The third-order valence-corrected chi connectivity index (χ3v) is 9.70. The summed E-state index contributed by atoms with van der Waals surface area (Å²) in [4.78, 5) is 34.8. The molecule has 0 aliphatic carbocycles. The Kier molecular flexibility index (Phi) is 38.1. The summed E-state index contributed by atoms with van der Waals surface area (Å²) < 4.78 is 32.7. The molecule has 0 rings (SSSR count). The van der Waals surface area contributed by atoms with E-state index < -0.39 is 32.5 Å². The van der Waals surface area contributed by atoms with Gasteiger partial charge in [-0.3, -0.25) is 18.6 Å². The molecule has 0 spiro atoms. The number of esters is 2. The van der Waals surface area contributed by atoms with Gasteiger partial charge in [-0.15, -0.1) is 0 Å². The van der Waals surface area contributed by atoms with Gasteiger partial charge in [-0.2, -0.15) is 0 Å². The molecule has 0 heterocycles. The molecule has 0 aromatic carbocycles. The first-order chi connectivity index (χ1) is 25.8. The highest BCUT2D eigenvalue weighted by Gasteiger charge is 2.25. The fraction of sp³-hybridized carbons (Fsp3) is 0.767. The minimum absolute atomic E-state index is 0.0443. The fourth-order valence-corrected chi connectivity index (χ4v) is 6.33. The van der Waals surface area contributed by atoms with E-state index in [0.717, 1.165) is 38.5 Å². The molecule has 0 aromatic rings. The fourth-order valence-electron chi connectivity index (χ4n) is 5.57. The Morgan fingerprint density at radius 1 is 0.566 bits per heavy atom. The first-order valence-electron chi connectivity index (χ1n) is 21.1. The summed E-state index contributed by atoms with van der Waals surface area (Å²) in [5.74, 6) is -0.892. The lowest BCUT2D eigenvalue weighted by atomic mass is 10.0. The predicted molar refractivity (Wildman–Crippen MR) is 220 cm³/mol. The molecule has 0 amide bonds. The minimum atomic E-state index is -4.39. The zero-order valence-corrected chi connectivity index (χ0v) is 34.6. The lowest BCUT2D eigenvalue weighted by Gasteiger charge is -2.19. The Hall–Kier alpha value is -2.03. The molecular weight excluding hydrogens is 689 g/mol. The molecule has 9 nitrogen and oxygen atoms in total. The van der Waals surface area contributed by atoms with Gasteiger partial charge in [0.1, 0.15) is 6.61 Å². The van der Waals surface area contributed by atoms with Gasteiger partial charge in [0, 0.05) is 19.4 Å². The maximum atomic E-state index is 12.5. The molecule has 0 aliphatic rings. The highest BCUT2D eigenvalue weighted by atomic mass is 31.2. The maximum Gasteiger partial charge on any atom is 0.472 e. The summed E-state index contributed by atoms with van der Waals surface area (Å²) in [5.41, 5.74) is 5.34. The van der Waals surface area contributed by atoms with E-state index in [1.54, 1.807) is 0 Å². The zero-order valence-electron chi connectivity index (χ0n) is 33.7. The van der Waals surface area contributed by atoms with Crippen molar-refractivity contribution in [3.05, 3.63) is 48.6 Å².